The summed E-state index contributed by atoms with van der Waals surface area (Å²) in [6.45, 7) is 7.07. The quantitative estimate of drug-likeness (QED) is 0.639. The van der Waals surface area contributed by atoms with Gasteiger partial charge in [-0.2, -0.15) is 0 Å². The Morgan fingerprint density at radius 1 is 0.929 bits per heavy atom. The van der Waals surface area contributed by atoms with Crippen molar-refractivity contribution in [1.29, 1.82) is 0 Å². The van der Waals surface area contributed by atoms with Gasteiger partial charge in [0.25, 0.3) is 0 Å². The Labute approximate surface area is 170 Å². The Balaban J connectivity index is 1.62. The van der Waals surface area contributed by atoms with E-state index in [1.54, 1.807) is 0 Å². The van der Waals surface area contributed by atoms with Crippen LogP contribution in [0, 0.1) is 46.3 Å². The fraction of sp³-hybridized carbons (Fsp3) is 0.958. The Kier molecular flexibility index (Phi) is 5.46. The van der Waals surface area contributed by atoms with Crippen LogP contribution < -0.4 is 0 Å². The third kappa shape index (κ3) is 2.93. The SMILES string of the molecule is C[C@H](CCC=O)[C@H]1CCC2C3C(CC[C@@]21C)[C@@]1(C)CC[C@@H](O)CC1[C@@H](O)[C@H]3O. The summed E-state index contributed by atoms with van der Waals surface area (Å²) in [5, 5.41) is 32.6. The van der Waals surface area contributed by atoms with Gasteiger partial charge in [0.1, 0.15) is 6.29 Å². The van der Waals surface area contributed by atoms with E-state index >= 15 is 0 Å². The minimum Gasteiger partial charge on any atom is -0.393 e. The van der Waals surface area contributed by atoms with Gasteiger partial charge in [-0.1, -0.05) is 20.8 Å². The largest absolute Gasteiger partial charge is 0.393 e. The summed E-state index contributed by atoms with van der Waals surface area (Å²) in [5.41, 5.74) is 0.243. The molecule has 4 fully saturated rings. The zero-order valence-electron chi connectivity index (χ0n) is 17.9. The minimum atomic E-state index is -0.713. The highest BCUT2D eigenvalue weighted by molar-refractivity contribution is 5.49. The first-order chi connectivity index (χ1) is 13.2. The first-order valence-electron chi connectivity index (χ1n) is 11.7. The number of carbonyl (C=O) groups is 1. The van der Waals surface area contributed by atoms with Gasteiger partial charge in [-0.15, -0.1) is 0 Å². The van der Waals surface area contributed by atoms with Gasteiger partial charge in [0.15, 0.2) is 0 Å². The van der Waals surface area contributed by atoms with Crippen molar-refractivity contribution in [3.05, 3.63) is 0 Å². The summed E-state index contributed by atoms with van der Waals surface area (Å²) in [6, 6.07) is 0. The first kappa shape index (κ1) is 20.8. The number of aliphatic hydroxyl groups is 3. The topological polar surface area (TPSA) is 77.8 Å². The highest BCUT2D eigenvalue weighted by Crippen LogP contribution is 2.68. The molecule has 4 rings (SSSR count). The second-order valence-electron chi connectivity index (χ2n) is 11.3. The molecule has 0 saturated heterocycles. The molecule has 0 aromatic carbocycles. The van der Waals surface area contributed by atoms with E-state index in [1.165, 1.54) is 12.8 Å². The standard InChI is InChI=1S/C24H40O4/c1-14(5-4-12-25)16-6-7-17-20-18(9-11-23(16,17)2)24(3)10-8-15(26)13-19(24)21(27)22(20)28/h12,14-22,26-28H,4-11,13H2,1-3H3/t14-,15-,16-,17?,18?,19?,20?,21-,22+,23-,24-/m1/s1. The minimum absolute atomic E-state index is 0.0144. The normalized spacial score (nSPS) is 54.4. The maximum absolute atomic E-state index is 11.3. The predicted octanol–water partition coefficient (Wildman–Crippen LogP) is 3.56. The van der Waals surface area contributed by atoms with Crippen molar-refractivity contribution in [1.82, 2.24) is 0 Å². The number of hydrogen-bond donors (Lipinski definition) is 3. The first-order valence-corrected chi connectivity index (χ1v) is 11.7. The number of aldehydes is 1. The van der Waals surface area contributed by atoms with E-state index in [1.807, 2.05) is 0 Å². The van der Waals surface area contributed by atoms with Crippen molar-refractivity contribution in [3.8, 4) is 0 Å². The predicted molar refractivity (Wildman–Crippen MR) is 108 cm³/mol. The monoisotopic (exact) mass is 392 g/mol. The number of fused-ring (bicyclic) bond motifs is 5. The zero-order chi connectivity index (χ0) is 20.3. The average molecular weight is 393 g/mol. The van der Waals surface area contributed by atoms with Crippen LogP contribution in [0.15, 0.2) is 0 Å². The molecule has 3 N–H and O–H groups in total. The molecule has 4 aliphatic rings. The maximum atomic E-state index is 11.3. The summed E-state index contributed by atoms with van der Waals surface area (Å²) < 4.78 is 0. The molecule has 4 heteroatoms. The van der Waals surface area contributed by atoms with E-state index in [4.69, 9.17) is 0 Å². The van der Waals surface area contributed by atoms with Crippen LogP contribution in [0.3, 0.4) is 0 Å². The van der Waals surface area contributed by atoms with Crippen molar-refractivity contribution in [2.75, 3.05) is 0 Å². The van der Waals surface area contributed by atoms with E-state index in [0.29, 0.717) is 36.5 Å². The molecular weight excluding hydrogens is 352 g/mol. The lowest BCUT2D eigenvalue weighted by molar-refractivity contribution is -0.223. The lowest BCUT2D eigenvalue weighted by atomic mass is 9.43. The van der Waals surface area contributed by atoms with Crippen LogP contribution in [-0.4, -0.2) is 39.9 Å². The number of rotatable bonds is 4. The Hall–Kier alpha value is -0.450. The molecule has 4 aliphatic carbocycles. The lowest BCUT2D eigenvalue weighted by Gasteiger charge is -2.63. The highest BCUT2D eigenvalue weighted by atomic mass is 16.3. The molecule has 0 aromatic heterocycles. The molecule has 4 unspecified atom stereocenters. The van der Waals surface area contributed by atoms with Crippen LogP contribution in [0.1, 0.15) is 78.6 Å². The molecule has 0 bridgehead atoms. The molecule has 28 heavy (non-hydrogen) atoms. The van der Waals surface area contributed by atoms with Crippen molar-refractivity contribution in [2.45, 2.75) is 96.9 Å². The van der Waals surface area contributed by atoms with Gasteiger partial charge in [0, 0.05) is 6.42 Å². The maximum Gasteiger partial charge on any atom is 0.120 e. The van der Waals surface area contributed by atoms with E-state index in [9.17, 15) is 20.1 Å². The van der Waals surface area contributed by atoms with Gasteiger partial charge in [0.2, 0.25) is 0 Å². The zero-order valence-corrected chi connectivity index (χ0v) is 17.9. The molecule has 4 saturated carbocycles. The Morgan fingerprint density at radius 3 is 2.32 bits per heavy atom. The number of carbonyl (C=O) groups excluding carboxylic acids is 1. The van der Waals surface area contributed by atoms with E-state index in [0.717, 1.165) is 38.4 Å². The molecule has 160 valence electrons. The van der Waals surface area contributed by atoms with Crippen LogP contribution in [0.25, 0.3) is 0 Å². The second-order valence-corrected chi connectivity index (χ2v) is 11.3. The van der Waals surface area contributed by atoms with E-state index in [-0.39, 0.29) is 28.8 Å². The summed E-state index contributed by atoms with van der Waals surface area (Å²) in [6.07, 6.45) is 8.02. The Morgan fingerprint density at radius 2 is 1.61 bits per heavy atom. The molecule has 0 aliphatic heterocycles. The van der Waals surface area contributed by atoms with Gasteiger partial charge in [-0.25, -0.2) is 0 Å². The smallest absolute Gasteiger partial charge is 0.120 e. The van der Waals surface area contributed by atoms with Crippen LogP contribution in [0.2, 0.25) is 0 Å². The molecule has 11 atom stereocenters. The van der Waals surface area contributed by atoms with Crippen molar-refractivity contribution in [2.24, 2.45) is 46.3 Å². The third-order valence-corrected chi connectivity index (χ3v) is 10.2. The summed E-state index contributed by atoms with van der Waals surface area (Å²) in [4.78, 5) is 10.9. The van der Waals surface area contributed by atoms with Gasteiger partial charge >= 0.3 is 0 Å². The Bertz CT molecular complexity index is 593. The average Bonchev–Trinajstić information content (AvgIpc) is 3.02. The fourth-order valence-corrected chi connectivity index (χ4v) is 8.75. The number of aliphatic hydroxyl groups excluding tert-OH is 3. The molecular formula is C24H40O4. The molecule has 0 spiro atoms. The molecule has 0 radical (unpaired) electrons. The van der Waals surface area contributed by atoms with Crippen LogP contribution in [0.4, 0.5) is 0 Å². The number of hydrogen-bond acceptors (Lipinski definition) is 4. The summed E-state index contributed by atoms with van der Waals surface area (Å²) in [5.74, 6) is 2.25. The second kappa shape index (κ2) is 7.35. The molecule has 0 heterocycles. The van der Waals surface area contributed by atoms with E-state index < -0.39 is 12.2 Å². The molecule has 0 amide bonds. The van der Waals surface area contributed by atoms with Crippen LogP contribution >= 0.6 is 0 Å². The van der Waals surface area contributed by atoms with Crippen LogP contribution in [0.5, 0.6) is 0 Å². The van der Waals surface area contributed by atoms with Crippen molar-refractivity contribution >= 4 is 6.29 Å². The third-order valence-electron chi connectivity index (χ3n) is 10.2. The van der Waals surface area contributed by atoms with Crippen molar-refractivity contribution in [3.63, 3.8) is 0 Å². The van der Waals surface area contributed by atoms with Gasteiger partial charge < -0.3 is 20.1 Å². The van der Waals surface area contributed by atoms with Gasteiger partial charge in [0.05, 0.1) is 18.3 Å². The van der Waals surface area contributed by atoms with Crippen LogP contribution in [-0.2, 0) is 4.79 Å². The van der Waals surface area contributed by atoms with Gasteiger partial charge in [-0.3, -0.25) is 0 Å². The fourth-order valence-electron chi connectivity index (χ4n) is 8.75. The van der Waals surface area contributed by atoms with E-state index in [2.05, 4.69) is 20.8 Å². The molecule has 0 aromatic rings. The highest BCUT2D eigenvalue weighted by Gasteiger charge is 2.65. The lowest BCUT2D eigenvalue weighted by Crippen LogP contribution is -2.64. The summed E-state index contributed by atoms with van der Waals surface area (Å²) in [7, 11) is 0. The van der Waals surface area contributed by atoms with Gasteiger partial charge in [-0.05, 0) is 97.7 Å². The summed E-state index contributed by atoms with van der Waals surface area (Å²) >= 11 is 0. The van der Waals surface area contributed by atoms with Crippen molar-refractivity contribution < 1.29 is 20.1 Å². The molecule has 4 nitrogen and oxygen atoms in total.